The number of fused-ring (bicyclic) bond motifs is 6. The molecule has 1 aromatic heterocycles. The molecule has 24 heavy (non-hydrogen) atoms. The van der Waals surface area contributed by atoms with Crippen molar-refractivity contribution in [2.75, 3.05) is 0 Å². The number of aromatic nitrogens is 2. The van der Waals surface area contributed by atoms with E-state index < -0.39 is 5.60 Å². The van der Waals surface area contributed by atoms with Crippen molar-refractivity contribution < 1.29 is 5.11 Å². The molecular weight excluding hydrogens is 296 g/mol. The van der Waals surface area contributed by atoms with Crippen LogP contribution in [0, 0.1) is 28.6 Å². The van der Waals surface area contributed by atoms with E-state index in [1.54, 1.807) is 5.57 Å². The average molecular weight is 326 g/mol. The second kappa shape index (κ2) is 4.55. The summed E-state index contributed by atoms with van der Waals surface area (Å²) in [6.45, 7) is 6.99. The van der Waals surface area contributed by atoms with Gasteiger partial charge in [0.25, 0.3) is 0 Å². The van der Waals surface area contributed by atoms with Gasteiger partial charge in [-0.3, -0.25) is 5.10 Å². The molecule has 4 aliphatic carbocycles. The molecule has 1 heterocycles. The molecule has 4 aliphatic rings. The van der Waals surface area contributed by atoms with Gasteiger partial charge >= 0.3 is 0 Å². The van der Waals surface area contributed by atoms with Crippen LogP contribution in [0.1, 0.15) is 70.6 Å². The van der Waals surface area contributed by atoms with Gasteiger partial charge in [0.05, 0.1) is 17.5 Å². The predicted molar refractivity (Wildman–Crippen MR) is 95.3 cm³/mol. The smallest absolute Gasteiger partial charge is 0.0675 e. The summed E-state index contributed by atoms with van der Waals surface area (Å²) in [5, 5.41) is 18.5. The van der Waals surface area contributed by atoms with E-state index >= 15 is 0 Å². The molecule has 3 heteroatoms. The number of hydrogen-bond acceptors (Lipinski definition) is 2. The molecule has 0 amide bonds. The van der Waals surface area contributed by atoms with Gasteiger partial charge in [-0.05, 0) is 92.1 Å². The molecule has 1 aromatic rings. The van der Waals surface area contributed by atoms with E-state index in [4.69, 9.17) is 0 Å². The number of nitrogens with one attached hydrogen (secondary N) is 1. The normalized spacial score (nSPS) is 49.7. The standard InChI is InChI=1S/C21H30N2O/c1-19-11-13-12-22-23-18(13)10-14(19)4-5-15-16(19)6-8-20(2)17(15)7-9-21(20,3)24/h10,12,15-17,24H,4-9,11H2,1-3H3,(H,22,23)/t15-,16+,17-,19+,20-,21+/m0/s1. The van der Waals surface area contributed by atoms with Crippen molar-refractivity contribution in [3.05, 3.63) is 23.0 Å². The summed E-state index contributed by atoms with van der Waals surface area (Å²) >= 11 is 0. The first kappa shape index (κ1) is 15.2. The lowest BCUT2D eigenvalue weighted by atomic mass is 9.46. The van der Waals surface area contributed by atoms with Crippen LogP contribution < -0.4 is 0 Å². The van der Waals surface area contributed by atoms with E-state index in [0.717, 1.165) is 24.7 Å². The molecule has 0 unspecified atom stereocenters. The number of allylic oxidation sites excluding steroid dienone is 1. The zero-order chi connectivity index (χ0) is 16.7. The molecule has 5 rings (SSSR count). The molecule has 0 aliphatic heterocycles. The summed E-state index contributed by atoms with van der Waals surface area (Å²) < 4.78 is 0. The highest BCUT2D eigenvalue weighted by atomic mass is 16.3. The van der Waals surface area contributed by atoms with Crippen LogP contribution in [0.2, 0.25) is 0 Å². The molecule has 0 saturated heterocycles. The molecular formula is C21H30N2O. The highest BCUT2D eigenvalue weighted by Gasteiger charge is 2.62. The number of nitrogens with zero attached hydrogens (tertiary/aromatic N) is 1. The minimum absolute atomic E-state index is 0.126. The molecule has 3 nitrogen and oxygen atoms in total. The third kappa shape index (κ3) is 1.70. The lowest BCUT2D eigenvalue weighted by Crippen LogP contribution is -2.54. The van der Waals surface area contributed by atoms with Crippen LogP contribution in [0.5, 0.6) is 0 Å². The first-order valence-corrected chi connectivity index (χ1v) is 9.81. The van der Waals surface area contributed by atoms with Gasteiger partial charge in [-0.15, -0.1) is 0 Å². The van der Waals surface area contributed by atoms with Gasteiger partial charge in [-0.1, -0.05) is 19.4 Å². The second-order valence-electron chi connectivity index (χ2n) is 9.76. The Morgan fingerprint density at radius 3 is 2.75 bits per heavy atom. The van der Waals surface area contributed by atoms with Crippen molar-refractivity contribution >= 4 is 6.08 Å². The Kier molecular flexibility index (Phi) is 2.88. The summed E-state index contributed by atoms with van der Waals surface area (Å²) in [4.78, 5) is 0. The van der Waals surface area contributed by atoms with E-state index in [9.17, 15) is 5.11 Å². The van der Waals surface area contributed by atoms with Gasteiger partial charge < -0.3 is 5.11 Å². The molecule has 3 fully saturated rings. The van der Waals surface area contributed by atoms with Gasteiger partial charge in [-0.2, -0.15) is 5.10 Å². The second-order valence-corrected chi connectivity index (χ2v) is 9.76. The Bertz CT molecular complexity index is 717. The fourth-order valence-electron chi connectivity index (χ4n) is 7.21. The third-order valence-electron chi connectivity index (χ3n) is 8.93. The maximum atomic E-state index is 11.0. The summed E-state index contributed by atoms with van der Waals surface area (Å²) in [7, 11) is 0. The van der Waals surface area contributed by atoms with Crippen molar-refractivity contribution in [1.29, 1.82) is 0 Å². The van der Waals surface area contributed by atoms with Crippen LogP contribution in [-0.2, 0) is 6.42 Å². The number of aromatic amines is 1. The first-order valence-electron chi connectivity index (χ1n) is 9.81. The van der Waals surface area contributed by atoms with Gasteiger partial charge in [0.15, 0.2) is 0 Å². The van der Waals surface area contributed by atoms with Crippen LogP contribution >= 0.6 is 0 Å². The number of rotatable bonds is 0. The van der Waals surface area contributed by atoms with E-state index in [1.165, 1.54) is 43.4 Å². The van der Waals surface area contributed by atoms with Gasteiger partial charge in [-0.25, -0.2) is 0 Å². The minimum atomic E-state index is -0.468. The lowest BCUT2D eigenvalue weighted by molar-refractivity contribution is -0.116. The Balaban J connectivity index is 1.53. The zero-order valence-electron chi connectivity index (χ0n) is 15.2. The van der Waals surface area contributed by atoms with Gasteiger partial charge in [0.2, 0.25) is 0 Å². The van der Waals surface area contributed by atoms with E-state index in [-0.39, 0.29) is 5.41 Å². The number of hydrogen-bond donors (Lipinski definition) is 2. The van der Waals surface area contributed by atoms with Gasteiger partial charge in [0.1, 0.15) is 0 Å². The maximum Gasteiger partial charge on any atom is 0.0675 e. The zero-order valence-corrected chi connectivity index (χ0v) is 15.2. The van der Waals surface area contributed by atoms with Crippen LogP contribution in [0.25, 0.3) is 6.08 Å². The Hall–Kier alpha value is -1.09. The highest BCUT2D eigenvalue weighted by molar-refractivity contribution is 5.58. The van der Waals surface area contributed by atoms with Crippen LogP contribution in [-0.4, -0.2) is 20.9 Å². The molecule has 0 radical (unpaired) electrons. The number of aliphatic hydroxyl groups is 1. The first-order chi connectivity index (χ1) is 11.4. The lowest BCUT2D eigenvalue weighted by Gasteiger charge is -2.58. The number of H-pyrrole nitrogens is 1. The van der Waals surface area contributed by atoms with Crippen LogP contribution in [0.15, 0.2) is 11.8 Å². The molecule has 3 saturated carbocycles. The molecule has 2 N–H and O–H groups in total. The van der Waals surface area contributed by atoms with Crippen molar-refractivity contribution in [1.82, 2.24) is 10.2 Å². The van der Waals surface area contributed by atoms with Crippen molar-refractivity contribution in [3.63, 3.8) is 0 Å². The molecule has 0 aromatic carbocycles. The summed E-state index contributed by atoms with van der Waals surface area (Å²) in [5.41, 5.74) is 4.24. The Labute approximate surface area is 144 Å². The van der Waals surface area contributed by atoms with E-state index in [0.29, 0.717) is 11.3 Å². The molecule has 0 spiro atoms. The summed E-state index contributed by atoms with van der Waals surface area (Å²) in [5.74, 6) is 2.26. The average Bonchev–Trinajstić information content (AvgIpc) is 3.06. The fraction of sp³-hybridized carbons (Fsp3) is 0.762. The Morgan fingerprint density at radius 2 is 1.92 bits per heavy atom. The predicted octanol–water partition coefficient (Wildman–Crippen LogP) is 4.34. The minimum Gasteiger partial charge on any atom is -0.390 e. The van der Waals surface area contributed by atoms with E-state index in [2.05, 4.69) is 37.0 Å². The Morgan fingerprint density at radius 1 is 1.12 bits per heavy atom. The van der Waals surface area contributed by atoms with Crippen molar-refractivity contribution in [3.8, 4) is 0 Å². The third-order valence-corrected chi connectivity index (χ3v) is 8.93. The van der Waals surface area contributed by atoms with Gasteiger partial charge in [0, 0.05) is 0 Å². The monoisotopic (exact) mass is 326 g/mol. The van der Waals surface area contributed by atoms with Crippen LogP contribution in [0.4, 0.5) is 0 Å². The largest absolute Gasteiger partial charge is 0.390 e. The molecule has 130 valence electrons. The maximum absolute atomic E-state index is 11.0. The molecule has 6 atom stereocenters. The van der Waals surface area contributed by atoms with Crippen molar-refractivity contribution in [2.24, 2.45) is 28.6 Å². The SMILES string of the molecule is C[C@]12CC[C@@H]3[C@H](CCC4=Cc5[nH]ncc5C[C@]43C)[C@@H]1CC[C@@]2(C)O. The van der Waals surface area contributed by atoms with Crippen LogP contribution in [0.3, 0.4) is 0 Å². The quantitative estimate of drug-likeness (QED) is 0.745. The summed E-state index contributed by atoms with van der Waals surface area (Å²) in [6.07, 6.45) is 12.8. The summed E-state index contributed by atoms with van der Waals surface area (Å²) in [6, 6.07) is 0. The van der Waals surface area contributed by atoms with Crippen molar-refractivity contribution in [2.45, 2.75) is 71.3 Å². The highest BCUT2D eigenvalue weighted by Crippen LogP contribution is 2.67. The molecule has 0 bridgehead atoms. The topological polar surface area (TPSA) is 48.9 Å². The fourth-order valence-corrected chi connectivity index (χ4v) is 7.21. The van der Waals surface area contributed by atoms with E-state index in [1.807, 2.05) is 6.20 Å².